The SMILES string of the molecule is Cc1onc(-c2ccccc2)c1/C=C\C(N)=O. The number of aromatic nitrogens is 1. The molecule has 0 saturated heterocycles. The van der Waals surface area contributed by atoms with Crippen molar-refractivity contribution in [3.05, 3.63) is 47.7 Å². The van der Waals surface area contributed by atoms with Crippen molar-refractivity contribution in [2.45, 2.75) is 6.92 Å². The van der Waals surface area contributed by atoms with Crippen LogP contribution in [0.5, 0.6) is 0 Å². The smallest absolute Gasteiger partial charge is 0.241 e. The first-order valence-electron chi connectivity index (χ1n) is 5.17. The maximum absolute atomic E-state index is 10.7. The van der Waals surface area contributed by atoms with E-state index >= 15 is 0 Å². The molecular weight excluding hydrogens is 216 g/mol. The monoisotopic (exact) mass is 228 g/mol. The van der Waals surface area contributed by atoms with E-state index < -0.39 is 5.91 Å². The van der Waals surface area contributed by atoms with Crippen LogP contribution >= 0.6 is 0 Å². The Bertz CT molecular complexity index is 556. The maximum atomic E-state index is 10.7. The van der Waals surface area contributed by atoms with Gasteiger partial charge in [-0.15, -0.1) is 0 Å². The number of benzene rings is 1. The number of primary amides is 1. The van der Waals surface area contributed by atoms with Gasteiger partial charge < -0.3 is 10.3 Å². The van der Waals surface area contributed by atoms with Crippen LogP contribution < -0.4 is 5.73 Å². The fraction of sp³-hybridized carbons (Fsp3) is 0.0769. The Kier molecular flexibility index (Phi) is 3.05. The summed E-state index contributed by atoms with van der Waals surface area (Å²) in [6.07, 6.45) is 2.92. The molecule has 1 heterocycles. The molecule has 0 aliphatic heterocycles. The van der Waals surface area contributed by atoms with Crippen molar-refractivity contribution in [2.24, 2.45) is 5.73 Å². The van der Waals surface area contributed by atoms with Crippen LogP contribution in [0.15, 0.2) is 40.9 Å². The second-order valence-corrected chi connectivity index (χ2v) is 3.60. The van der Waals surface area contributed by atoms with Crippen LogP contribution in [0.4, 0.5) is 0 Å². The van der Waals surface area contributed by atoms with Crippen LogP contribution in [0.2, 0.25) is 0 Å². The van der Waals surface area contributed by atoms with Gasteiger partial charge in [-0.05, 0) is 13.0 Å². The first-order valence-corrected chi connectivity index (χ1v) is 5.17. The van der Waals surface area contributed by atoms with Gasteiger partial charge in [0.1, 0.15) is 11.5 Å². The van der Waals surface area contributed by atoms with Crippen LogP contribution in [-0.2, 0) is 4.79 Å². The molecule has 0 atom stereocenters. The van der Waals surface area contributed by atoms with E-state index in [9.17, 15) is 4.79 Å². The Balaban J connectivity index is 2.46. The molecule has 1 aromatic heterocycles. The third-order valence-corrected chi connectivity index (χ3v) is 2.37. The average molecular weight is 228 g/mol. The number of amides is 1. The highest BCUT2D eigenvalue weighted by molar-refractivity contribution is 5.91. The third kappa shape index (κ3) is 2.42. The van der Waals surface area contributed by atoms with Crippen LogP contribution in [0, 0.1) is 6.92 Å². The molecule has 0 aliphatic carbocycles. The summed E-state index contributed by atoms with van der Waals surface area (Å²) in [6.45, 7) is 1.79. The molecule has 4 heteroatoms. The number of carbonyl (C=O) groups excluding carboxylic acids is 1. The number of hydrogen-bond acceptors (Lipinski definition) is 3. The molecule has 0 saturated carbocycles. The van der Waals surface area contributed by atoms with Crippen LogP contribution in [0.3, 0.4) is 0 Å². The van der Waals surface area contributed by atoms with E-state index in [0.717, 1.165) is 11.1 Å². The molecular formula is C13H12N2O2. The number of rotatable bonds is 3. The summed E-state index contributed by atoms with van der Waals surface area (Å²) < 4.78 is 5.13. The molecule has 0 bridgehead atoms. The number of nitrogens with zero attached hydrogens (tertiary/aromatic N) is 1. The average Bonchev–Trinajstić information content (AvgIpc) is 2.69. The second kappa shape index (κ2) is 4.65. The molecule has 4 nitrogen and oxygen atoms in total. The van der Waals surface area contributed by atoms with Gasteiger partial charge in [0, 0.05) is 17.2 Å². The van der Waals surface area contributed by atoms with Crippen LogP contribution in [0.1, 0.15) is 11.3 Å². The summed E-state index contributed by atoms with van der Waals surface area (Å²) in [6, 6.07) is 9.62. The fourth-order valence-corrected chi connectivity index (χ4v) is 1.55. The molecule has 1 aromatic carbocycles. The molecule has 0 fully saturated rings. The highest BCUT2D eigenvalue weighted by Crippen LogP contribution is 2.25. The lowest BCUT2D eigenvalue weighted by atomic mass is 10.1. The lowest BCUT2D eigenvalue weighted by Crippen LogP contribution is -2.05. The Hall–Kier alpha value is -2.36. The van der Waals surface area contributed by atoms with Crippen molar-refractivity contribution >= 4 is 12.0 Å². The van der Waals surface area contributed by atoms with Gasteiger partial charge in [-0.3, -0.25) is 4.79 Å². The number of hydrogen-bond donors (Lipinski definition) is 1. The largest absolute Gasteiger partial charge is 0.366 e. The molecule has 0 aliphatic rings. The molecule has 0 radical (unpaired) electrons. The number of carbonyl (C=O) groups is 1. The minimum absolute atomic E-state index is 0.496. The summed E-state index contributed by atoms with van der Waals surface area (Å²) in [4.78, 5) is 10.7. The Morgan fingerprint density at radius 3 is 2.71 bits per heavy atom. The molecule has 2 N–H and O–H groups in total. The van der Waals surface area contributed by atoms with E-state index in [2.05, 4.69) is 5.16 Å². The van der Waals surface area contributed by atoms with E-state index in [4.69, 9.17) is 10.3 Å². The van der Waals surface area contributed by atoms with Gasteiger partial charge in [0.15, 0.2) is 0 Å². The zero-order valence-electron chi connectivity index (χ0n) is 9.38. The van der Waals surface area contributed by atoms with Crippen molar-refractivity contribution < 1.29 is 9.32 Å². The Morgan fingerprint density at radius 2 is 2.06 bits per heavy atom. The number of aryl methyl sites for hydroxylation is 1. The molecule has 0 unspecified atom stereocenters. The zero-order chi connectivity index (χ0) is 12.3. The molecule has 1 amide bonds. The minimum Gasteiger partial charge on any atom is -0.366 e. The lowest BCUT2D eigenvalue weighted by Gasteiger charge is -1.96. The van der Waals surface area contributed by atoms with Crippen molar-refractivity contribution in [3.63, 3.8) is 0 Å². The predicted octanol–water partition coefficient (Wildman–Crippen LogP) is 2.15. The molecule has 2 aromatic rings. The molecule has 0 spiro atoms. The van der Waals surface area contributed by atoms with Crippen molar-refractivity contribution in [1.29, 1.82) is 0 Å². The van der Waals surface area contributed by atoms with Crippen molar-refractivity contribution in [2.75, 3.05) is 0 Å². The van der Waals surface area contributed by atoms with Gasteiger partial charge in [0.05, 0.1) is 0 Å². The van der Waals surface area contributed by atoms with Gasteiger partial charge in [0.2, 0.25) is 5.91 Å². The topological polar surface area (TPSA) is 69.1 Å². The highest BCUT2D eigenvalue weighted by atomic mass is 16.5. The van der Waals surface area contributed by atoms with Crippen molar-refractivity contribution in [3.8, 4) is 11.3 Å². The maximum Gasteiger partial charge on any atom is 0.241 e. The number of nitrogens with two attached hydrogens (primary N) is 1. The standard InChI is InChI=1S/C13H12N2O2/c1-9-11(7-8-12(14)16)13(15-17-9)10-5-3-2-4-6-10/h2-8H,1H3,(H2,14,16)/b8-7-. The van der Waals surface area contributed by atoms with Crippen molar-refractivity contribution in [1.82, 2.24) is 5.16 Å². The van der Waals surface area contributed by atoms with Crippen LogP contribution in [-0.4, -0.2) is 11.1 Å². The third-order valence-electron chi connectivity index (χ3n) is 2.37. The summed E-state index contributed by atoms with van der Waals surface area (Å²) in [5, 5.41) is 3.99. The Morgan fingerprint density at radius 1 is 1.35 bits per heavy atom. The van der Waals surface area contributed by atoms with Gasteiger partial charge >= 0.3 is 0 Å². The van der Waals surface area contributed by atoms with Gasteiger partial charge in [-0.1, -0.05) is 35.5 Å². The van der Waals surface area contributed by atoms with E-state index in [1.807, 2.05) is 30.3 Å². The Labute approximate surface area is 98.7 Å². The summed E-state index contributed by atoms with van der Waals surface area (Å²) in [5.41, 5.74) is 7.49. The van der Waals surface area contributed by atoms with Gasteiger partial charge in [-0.2, -0.15) is 0 Å². The zero-order valence-corrected chi connectivity index (χ0v) is 9.38. The van der Waals surface area contributed by atoms with Crippen LogP contribution in [0.25, 0.3) is 17.3 Å². The minimum atomic E-state index is -0.496. The van der Waals surface area contributed by atoms with E-state index in [1.165, 1.54) is 6.08 Å². The first kappa shape index (κ1) is 11.1. The summed E-state index contributed by atoms with van der Waals surface area (Å²) in [7, 11) is 0. The van der Waals surface area contributed by atoms with Gasteiger partial charge in [0.25, 0.3) is 0 Å². The lowest BCUT2D eigenvalue weighted by molar-refractivity contribution is -0.113. The quantitative estimate of drug-likeness (QED) is 0.818. The molecule has 2 rings (SSSR count). The van der Waals surface area contributed by atoms with E-state index in [0.29, 0.717) is 11.5 Å². The highest BCUT2D eigenvalue weighted by Gasteiger charge is 2.11. The predicted molar refractivity (Wildman–Crippen MR) is 64.9 cm³/mol. The van der Waals surface area contributed by atoms with E-state index in [-0.39, 0.29) is 0 Å². The van der Waals surface area contributed by atoms with E-state index in [1.54, 1.807) is 13.0 Å². The first-order chi connectivity index (χ1) is 8.18. The molecule has 86 valence electrons. The summed E-state index contributed by atoms with van der Waals surface area (Å²) in [5.74, 6) is 0.158. The molecule has 17 heavy (non-hydrogen) atoms. The normalized spacial score (nSPS) is 10.9. The second-order valence-electron chi connectivity index (χ2n) is 3.60. The fourth-order valence-electron chi connectivity index (χ4n) is 1.55. The van der Waals surface area contributed by atoms with Gasteiger partial charge in [-0.25, -0.2) is 0 Å². The summed E-state index contributed by atoms with van der Waals surface area (Å²) >= 11 is 0.